The molecule has 0 bridgehead atoms. The molecule has 0 radical (unpaired) electrons. The molecule has 2 N–H and O–H groups in total. The Labute approximate surface area is 89.9 Å². The largest absolute Gasteiger partial charge is 0.585 e. The van der Waals surface area contributed by atoms with Gasteiger partial charge in [-0.05, 0) is 16.5 Å². The molecule has 1 aromatic rings. The molecule has 0 saturated heterocycles. The quantitative estimate of drug-likeness (QED) is 0.611. The SMILES string of the molecule is CCC(Cc1ccccc1)=C(O)[P+](=O)O. The van der Waals surface area contributed by atoms with Crippen LogP contribution in [0.3, 0.4) is 0 Å². The average molecular weight is 225 g/mol. The first kappa shape index (κ1) is 11.9. The van der Waals surface area contributed by atoms with Gasteiger partial charge in [0.15, 0.2) is 0 Å². The number of aliphatic hydroxyl groups excluding tert-OH is 1. The Morgan fingerprint density at radius 3 is 2.40 bits per heavy atom. The van der Waals surface area contributed by atoms with Crippen molar-refractivity contribution in [1.29, 1.82) is 0 Å². The number of rotatable bonds is 4. The third-order valence-corrected chi connectivity index (χ3v) is 2.86. The van der Waals surface area contributed by atoms with Crippen LogP contribution in [0.2, 0.25) is 0 Å². The van der Waals surface area contributed by atoms with Gasteiger partial charge in [0, 0.05) is 12.0 Å². The van der Waals surface area contributed by atoms with Crippen molar-refractivity contribution >= 4 is 8.03 Å². The zero-order valence-corrected chi connectivity index (χ0v) is 9.45. The molecule has 1 aromatic carbocycles. The molecular weight excluding hydrogens is 211 g/mol. The van der Waals surface area contributed by atoms with Crippen LogP contribution in [-0.4, -0.2) is 10.00 Å². The van der Waals surface area contributed by atoms with E-state index in [4.69, 9.17) is 4.89 Å². The van der Waals surface area contributed by atoms with Crippen molar-refractivity contribution in [3.63, 3.8) is 0 Å². The molecule has 0 aliphatic heterocycles. The van der Waals surface area contributed by atoms with Crippen LogP contribution in [-0.2, 0) is 11.0 Å². The Bertz CT molecular complexity index is 371. The van der Waals surface area contributed by atoms with Crippen molar-refractivity contribution in [2.75, 3.05) is 0 Å². The summed E-state index contributed by atoms with van der Waals surface area (Å²) >= 11 is 0. The number of allylic oxidation sites excluding steroid dienone is 1. The van der Waals surface area contributed by atoms with E-state index >= 15 is 0 Å². The minimum Gasteiger partial charge on any atom is -0.472 e. The first-order valence-electron chi connectivity index (χ1n) is 4.76. The lowest BCUT2D eigenvalue weighted by Crippen LogP contribution is -1.93. The van der Waals surface area contributed by atoms with Gasteiger partial charge < -0.3 is 5.11 Å². The average Bonchev–Trinajstić information content (AvgIpc) is 2.26. The van der Waals surface area contributed by atoms with E-state index in [0.29, 0.717) is 18.4 Å². The molecule has 1 rings (SSSR count). The Morgan fingerprint density at radius 2 is 1.93 bits per heavy atom. The fraction of sp³-hybridized carbons (Fsp3) is 0.273. The second kappa shape index (κ2) is 5.64. The summed E-state index contributed by atoms with van der Waals surface area (Å²) in [5.41, 5.74) is 1.26. The van der Waals surface area contributed by atoms with Crippen LogP contribution in [0.25, 0.3) is 0 Å². The highest BCUT2D eigenvalue weighted by Gasteiger charge is 2.24. The highest BCUT2D eigenvalue weighted by atomic mass is 31.1. The molecule has 3 nitrogen and oxygen atoms in total. The van der Waals surface area contributed by atoms with Crippen LogP contribution in [0, 0.1) is 0 Å². The maximum absolute atomic E-state index is 10.7. The summed E-state index contributed by atoms with van der Waals surface area (Å²) in [5, 5.41) is 9.39. The molecular formula is C11H14O3P+. The molecule has 1 unspecified atom stereocenters. The highest BCUT2D eigenvalue weighted by Crippen LogP contribution is 2.30. The van der Waals surface area contributed by atoms with Crippen LogP contribution in [0.15, 0.2) is 41.4 Å². The first-order chi connectivity index (χ1) is 7.15. The summed E-state index contributed by atoms with van der Waals surface area (Å²) in [6, 6.07) is 9.56. The second-order valence-corrected chi connectivity index (χ2v) is 4.19. The first-order valence-corrected chi connectivity index (χ1v) is 5.97. The normalized spacial score (nSPS) is 13.3. The van der Waals surface area contributed by atoms with E-state index in [1.165, 1.54) is 0 Å². The van der Waals surface area contributed by atoms with Crippen LogP contribution in [0.1, 0.15) is 18.9 Å². The predicted molar refractivity (Wildman–Crippen MR) is 59.9 cm³/mol. The van der Waals surface area contributed by atoms with Crippen LogP contribution < -0.4 is 0 Å². The van der Waals surface area contributed by atoms with E-state index in [1.807, 2.05) is 37.3 Å². The van der Waals surface area contributed by atoms with E-state index in [-0.39, 0.29) is 5.50 Å². The summed E-state index contributed by atoms with van der Waals surface area (Å²) < 4.78 is 10.7. The molecule has 0 amide bonds. The van der Waals surface area contributed by atoms with Crippen LogP contribution >= 0.6 is 8.03 Å². The summed E-state index contributed by atoms with van der Waals surface area (Å²) in [4.78, 5) is 8.80. The van der Waals surface area contributed by atoms with Gasteiger partial charge >= 0.3 is 13.5 Å². The van der Waals surface area contributed by atoms with Gasteiger partial charge in [0.1, 0.15) is 0 Å². The molecule has 0 aliphatic carbocycles. The Kier molecular flexibility index (Phi) is 4.47. The van der Waals surface area contributed by atoms with Crippen molar-refractivity contribution in [2.24, 2.45) is 0 Å². The molecule has 15 heavy (non-hydrogen) atoms. The maximum Gasteiger partial charge on any atom is 0.585 e. The van der Waals surface area contributed by atoms with Gasteiger partial charge in [-0.2, -0.15) is 4.89 Å². The van der Waals surface area contributed by atoms with Gasteiger partial charge in [0.05, 0.1) is 0 Å². The molecule has 1 atom stereocenters. The van der Waals surface area contributed by atoms with Crippen molar-refractivity contribution in [3.8, 4) is 0 Å². The molecule has 0 fully saturated rings. The third-order valence-electron chi connectivity index (χ3n) is 2.18. The van der Waals surface area contributed by atoms with E-state index in [0.717, 1.165) is 5.56 Å². The molecule has 0 aromatic heterocycles. The van der Waals surface area contributed by atoms with E-state index in [2.05, 4.69) is 0 Å². The number of aliphatic hydroxyl groups is 1. The van der Waals surface area contributed by atoms with E-state index in [9.17, 15) is 9.67 Å². The van der Waals surface area contributed by atoms with Gasteiger partial charge in [-0.1, -0.05) is 37.3 Å². The van der Waals surface area contributed by atoms with Crippen LogP contribution in [0.5, 0.6) is 0 Å². The number of hydrogen-bond donors (Lipinski definition) is 2. The Hall–Kier alpha value is -1.18. The molecule has 0 aliphatic rings. The number of hydrogen-bond acceptors (Lipinski definition) is 2. The van der Waals surface area contributed by atoms with E-state index < -0.39 is 8.03 Å². The van der Waals surface area contributed by atoms with Crippen molar-refractivity contribution in [1.82, 2.24) is 0 Å². The predicted octanol–water partition coefficient (Wildman–Crippen LogP) is 3.14. The molecule has 80 valence electrons. The van der Waals surface area contributed by atoms with Gasteiger partial charge in [0.25, 0.3) is 0 Å². The standard InChI is InChI=1S/C11H13O3P/c1-2-10(11(12)15(13)14)8-9-6-4-3-5-7-9/h3-7H,2,8H2,1H3,(H-,12,13,14)/p+1. The van der Waals surface area contributed by atoms with Crippen molar-refractivity contribution in [2.45, 2.75) is 19.8 Å². The van der Waals surface area contributed by atoms with Gasteiger partial charge in [-0.15, -0.1) is 0 Å². The van der Waals surface area contributed by atoms with Gasteiger partial charge in [-0.3, -0.25) is 0 Å². The van der Waals surface area contributed by atoms with Gasteiger partial charge in [0.2, 0.25) is 0 Å². The minimum atomic E-state index is -2.62. The zero-order valence-electron chi connectivity index (χ0n) is 8.55. The summed E-state index contributed by atoms with van der Waals surface area (Å²) in [7, 11) is -2.62. The third kappa shape index (κ3) is 3.46. The minimum absolute atomic E-state index is 0.378. The summed E-state index contributed by atoms with van der Waals surface area (Å²) in [6.07, 6.45) is 1.09. The topological polar surface area (TPSA) is 57.5 Å². The Morgan fingerprint density at radius 1 is 1.33 bits per heavy atom. The monoisotopic (exact) mass is 225 g/mol. The highest BCUT2D eigenvalue weighted by molar-refractivity contribution is 7.42. The maximum atomic E-state index is 10.7. The van der Waals surface area contributed by atoms with Crippen molar-refractivity contribution in [3.05, 3.63) is 47.0 Å². The molecule has 0 saturated carbocycles. The molecule has 4 heteroatoms. The zero-order chi connectivity index (χ0) is 11.3. The fourth-order valence-corrected chi connectivity index (χ4v) is 1.85. The smallest absolute Gasteiger partial charge is 0.472 e. The van der Waals surface area contributed by atoms with Crippen molar-refractivity contribution < 1.29 is 14.6 Å². The number of benzene rings is 1. The molecule has 0 spiro atoms. The van der Waals surface area contributed by atoms with Gasteiger partial charge in [-0.25, -0.2) is 0 Å². The lowest BCUT2D eigenvalue weighted by atomic mass is 10.0. The second-order valence-electron chi connectivity index (χ2n) is 3.22. The lowest BCUT2D eigenvalue weighted by molar-refractivity contribution is 0.408. The summed E-state index contributed by atoms with van der Waals surface area (Å²) in [5.74, 6) is 0. The fourth-order valence-electron chi connectivity index (χ4n) is 1.34. The summed E-state index contributed by atoms with van der Waals surface area (Å²) in [6.45, 7) is 1.85. The lowest BCUT2D eigenvalue weighted by Gasteiger charge is -2.01. The molecule has 0 heterocycles. The Balaban J connectivity index is 2.88. The van der Waals surface area contributed by atoms with E-state index in [1.54, 1.807) is 0 Å². The van der Waals surface area contributed by atoms with Crippen LogP contribution in [0.4, 0.5) is 0 Å².